The first-order valence-electron chi connectivity index (χ1n) is 10.0. The van der Waals surface area contributed by atoms with Crippen molar-refractivity contribution in [1.82, 2.24) is 20.3 Å². The molecule has 10 nitrogen and oxygen atoms in total. The molecule has 0 unspecified atom stereocenters. The van der Waals surface area contributed by atoms with E-state index in [9.17, 15) is 14.0 Å². The van der Waals surface area contributed by atoms with E-state index in [1.165, 1.54) is 17.4 Å². The Labute approximate surface area is 186 Å². The van der Waals surface area contributed by atoms with Crippen LogP contribution < -0.4 is 15.5 Å². The van der Waals surface area contributed by atoms with E-state index in [2.05, 4.69) is 25.6 Å². The van der Waals surface area contributed by atoms with Crippen molar-refractivity contribution in [2.75, 3.05) is 29.9 Å². The highest BCUT2D eigenvalue weighted by molar-refractivity contribution is 7.22. The molecule has 1 aliphatic heterocycles. The lowest BCUT2D eigenvalue weighted by atomic mass is 10.1. The van der Waals surface area contributed by atoms with Gasteiger partial charge in [0.2, 0.25) is 5.95 Å². The van der Waals surface area contributed by atoms with Gasteiger partial charge < -0.3 is 20.1 Å². The molecule has 1 aliphatic rings. The number of urea groups is 1. The number of hydrogen-bond acceptors (Lipinski definition) is 8. The van der Waals surface area contributed by atoms with Crippen LogP contribution in [0.3, 0.4) is 0 Å². The summed E-state index contributed by atoms with van der Waals surface area (Å²) >= 11 is 1.19. The maximum Gasteiger partial charge on any atom is 0.506 e. The van der Waals surface area contributed by atoms with Gasteiger partial charge in [-0.1, -0.05) is 11.3 Å². The lowest BCUT2D eigenvalue weighted by molar-refractivity contribution is 0.0415. The summed E-state index contributed by atoms with van der Waals surface area (Å²) in [5, 5.41) is 14.4. The minimum atomic E-state index is -1.27. The molecular formula is C20H21FN6O4S. The van der Waals surface area contributed by atoms with Crippen molar-refractivity contribution in [3.05, 3.63) is 30.3 Å². The fourth-order valence-electron chi connectivity index (χ4n) is 3.47. The molecule has 12 heteroatoms. The Hall–Kier alpha value is -3.54. The molecule has 0 bridgehead atoms. The van der Waals surface area contributed by atoms with Gasteiger partial charge in [0.05, 0.1) is 10.2 Å². The van der Waals surface area contributed by atoms with Crippen LogP contribution in [0.4, 0.5) is 25.1 Å². The average Bonchev–Trinajstić information content (AvgIpc) is 3.14. The van der Waals surface area contributed by atoms with Gasteiger partial charge in [0.15, 0.2) is 5.13 Å². The number of nitrogens with zero attached hydrogens (tertiary/aromatic N) is 4. The Bertz CT molecular complexity index is 1130. The summed E-state index contributed by atoms with van der Waals surface area (Å²) in [7, 11) is 0. The van der Waals surface area contributed by atoms with Gasteiger partial charge in [0.1, 0.15) is 11.9 Å². The quantitative estimate of drug-likeness (QED) is 0.492. The van der Waals surface area contributed by atoms with Crippen LogP contribution in [0.15, 0.2) is 24.5 Å². The van der Waals surface area contributed by atoms with Gasteiger partial charge >= 0.3 is 12.2 Å². The number of aromatic nitrogens is 3. The van der Waals surface area contributed by atoms with Crippen molar-refractivity contribution < 1.29 is 23.8 Å². The fourth-order valence-corrected chi connectivity index (χ4v) is 4.33. The Morgan fingerprint density at radius 1 is 1.28 bits per heavy atom. The zero-order valence-corrected chi connectivity index (χ0v) is 18.0. The van der Waals surface area contributed by atoms with E-state index in [-0.39, 0.29) is 12.1 Å². The molecule has 2 aromatic heterocycles. The number of benzene rings is 1. The predicted molar refractivity (Wildman–Crippen MR) is 118 cm³/mol. The first kappa shape index (κ1) is 21.7. The third-order valence-corrected chi connectivity index (χ3v) is 5.91. The summed E-state index contributed by atoms with van der Waals surface area (Å²) in [6, 6.07) is 2.62. The van der Waals surface area contributed by atoms with Gasteiger partial charge in [-0.2, -0.15) is 0 Å². The molecule has 0 radical (unpaired) electrons. The Morgan fingerprint density at radius 3 is 2.66 bits per heavy atom. The molecule has 0 spiro atoms. The number of rotatable bonds is 5. The SMILES string of the molecule is CCNC(=O)Nc1nc2cc(-c3cnc(N4CCC(OC(=O)O)CC4)nc3)c(F)cc2s1. The van der Waals surface area contributed by atoms with Crippen LogP contribution >= 0.6 is 11.3 Å². The number of piperidine rings is 1. The summed E-state index contributed by atoms with van der Waals surface area (Å²) in [4.78, 5) is 37.4. The highest BCUT2D eigenvalue weighted by Crippen LogP contribution is 2.32. The highest BCUT2D eigenvalue weighted by Gasteiger charge is 2.23. The molecule has 3 heterocycles. The van der Waals surface area contributed by atoms with E-state index in [0.29, 0.717) is 64.9 Å². The highest BCUT2D eigenvalue weighted by atomic mass is 32.1. The van der Waals surface area contributed by atoms with Crippen LogP contribution in [-0.4, -0.2) is 58.0 Å². The molecule has 2 amide bonds. The number of halogens is 1. The third-order valence-electron chi connectivity index (χ3n) is 4.98. The second-order valence-electron chi connectivity index (χ2n) is 7.15. The summed E-state index contributed by atoms with van der Waals surface area (Å²) < 4.78 is 20.2. The van der Waals surface area contributed by atoms with Gasteiger partial charge in [0.25, 0.3) is 0 Å². The number of carbonyl (C=O) groups excluding carboxylic acids is 1. The second-order valence-corrected chi connectivity index (χ2v) is 8.18. The normalized spacial score (nSPS) is 14.4. The number of anilines is 2. The number of nitrogens with one attached hydrogen (secondary N) is 2. The Balaban J connectivity index is 1.48. The van der Waals surface area contributed by atoms with Crippen molar-refractivity contribution in [1.29, 1.82) is 0 Å². The molecule has 3 N–H and O–H groups in total. The van der Waals surface area contributed by atoms with Gasteiger partial charge in [-0.05, 0) is 19.1 Å². The molecule has 1 saturated heterocycles. The minimum Gasteiger partial charge on any atom is -0.450 e. The zero-order valence-electron chi connectivity index (χ0n) is 17.2. The van der Waals surface area contributed by atoms with Gasteiger partial charge in [-0.25, -0.2) is 28.9 Å². The number of thiazole rings is 1. The van der Waals surface area contributed by atoms with Crippen LogP contribution in [0.5, 0.6) is 0 Å². The van der Waals surface area contributed by atoms with E-state index in [1.807, 2.05) is 11.8 Å². The largest absolute Gasteiger partial charge is 0.506 e. The smallest absolute Gasteiger partial charge is 0.450 e. The monoisotopic (exact) mass is 460 g/mol. The first-order valence-corrected chi connectivity index (χ1v) is 10.9. The van der Waals surface area contributed by atoms with E-state index in [0.717, 1.165) is 0 Å². The van der Waals surface area contributed by atoms with E-state index >= 15 is 0 Å². The molecular weight excluding hydrogens is 439 g/mol. The van der Waals surface area contributed by atoms with Crippen LogP contribution in [0.2, 0.25) is 0 Å². The van der Waals surface area contributed by atoms with Crippen LogP contribution in [0.25, 0.3) is 21.3 Å². The van der Waals surface area contributed by atoms with Crippen molar-refractivity contribution in [3.8, 4) is 11.1 Å². The first-order chi connectivity index (χ1) is 15.4. The molecule has 1 aromatic carbocycles. The summed E-state index contributed by atoms with van der Waals surface area (Å²) in [6.07, 6.45) is 2.61. The number of hydrogen-bond donors (Lipinski definition) is 3. The number of carboxylic acid groups (broad SMARTS) is 1. The maximum absolute atomic E-state index is 14.8. The van der Waals surface area contributed by atoms with Crippen molar-refractivity contribution >= 4 is 44.8 Å². The molecule has 3 aromatic rings. The Morgan fingerprint density at radius 2 is 2.00 bits per heavy atom. The average molecular weight is 460 g/mol. The molecule has 4 rings (SSSR count). The molecule has 0 aliphatic carbocycles. The summed E-state index contributed by atoms with van der Waals surface area (Å²) in [5.74, 6) is 0.0554. The third kappa shape index (κ3) is 4.85. The summed E-state index contributed by atoms with van der Waals surface area (Å²) in [5.41, 5.74) is 1.37. The molecule has 32 heavy (non-hydrogen) atoms. The minimum absolute atomic E-state index is 0.312. The molecule has 0 atom stereocenters. The van der Waals surface area contributed by atoms with E-state index in [1.54, 1.807) is 18.5 Å². The number of amides is 2. The van der Waals surface area contributed by atoms with E-state index < -0.39 is 12.0 Å². The Kier molecular flexibility index (Phi) is 6.30. The fraction of sp³-hybridized carbons (Fsp3) is 0.350. The van der Waals surface area contributed by atoms with Crippen molar-refractivity contribution in [2.24, 2.45) is 0 Å². The molecule has 168 valence electrons. The van der Waals surface area contributed by atoms with Crippen LogP contribution in [0.1, 0.15) is 19.8 Å². The lowest BCUT2D eigenvalue weighted by Gasteiger charge is -2.30. The van der Waals surface area contributed by atoms with Crippen molar-refractivity contribution in [3.63, 3.8) is 0 Å². The second kappa shape index (κ2) is 9.30. The number of carbonyl (C=O) groups is 2. The number of ether oxygens (including phenoxy) is 1. The van der Waals surface area contributed by atoms with Crippen molar-refractivity contribution in [2.45, 2.75) is 25.9 Å². The lowest BCUT2D eigenvalue weighted by Crippen LogP contribution is -2.38. The summed E-state index contributed by atoms with van der Waals surface area (Å²) in [6.45, 7) is 3.43. The van der Waals surface area contributed by atoms with Crippen LogP contribution in [0, 0.1) is 5.82 Å². The standard InChI is InChI=1S/C20H21FN6O4S/c1-2-22-18(28)26-19-25-15-7-13(14(21)8-16(15)32-19)11-9-23-17(24-10-11)27-5-3-12(4-6-27)31-20(29)30/h7-10,12H,2-6H2,1H3,(H,29,30)(H2,22,25,26,28). The van der Waals surface area contributed by atoms with Gasteiger partial charge in [-0.3, -0.25) is 5.32 Å². The number of fused-ring (bicyclic) bond motifs is 1. The van der Waals surface area contributed by atoms with Crippen LogP contribution in [-0.2, 0) is 4.74 Å². The maximum atomic E-state index is 14.8. The zero-order chi connectivity index (χ0) is 22.7. The molecule has 0 saturated carbocycles. The molecule has 1 fully saturated rings. The van der Waals surface area contributed by atoms with E-state index in [4.69, 9.17) is 9.84 Å². The topological polar surface area (TPSA) is 130 Å². The van der Waals surface area contributed by atoms with Gasteiger partial charge in [0, 0.05) is 56.0 Å². The van der Waals surface area contributed by atoms with Gasteiger partial charge in [-0.15, -0.1) is 0 Å². The predicted octanol–water partition coefficient (Wildman–Crippen LogP) is 3.70.